The largest absolute Gasteiger partial charge is 0.399 e. The third-order valence-corrected chi connectivity index (χ3v) is 3.46. The van der Waals surface area contributed by atoms with Crippen LogP contribution in [0.25, 0.3) is 5.57 Å². The fraction of sp³-hybridized carbons (Fsp3) is 0.167. The second-order valence-electron chi connectivity index (χ2n) is 4.51. The molecule has 0 unspecified atom stereocenters. The van der Waals surface area contributed by atoms with Gasteiger partial charge in [0.15, 0.2) is 5.66 Å². The topological polar surface area (TPSA) is 53.3 Å². The van der Waals surface area contributed by atoms with Gasteiger partial charge >= 0.3 is 0 Å². The van der Waals surface area contributed by atoms with Gasteiger partial charge < -0.3 is 5.73 Å². The number of rotatable bonds is 1. The summed E-state index contributed by atoms with van der Waals surface area (Å²) >= 11 is 0. The molecule has 1 aromatic rings. The number of hydrogen-bond acceptors (Lipinski definition) is 4. The third-order valence-electron chi connectivity index (χ3n) is 3.46. The third kappa shape index (κ3) is 0.863. The van der Waals surface area contributed by atoms with Crippen molar-refractivity contribution in [1.82, 2.24) is 16.0 Å². The number of benzene rings is 1. The summed E-state index contributed by atoms with van der Waals surface area (Å²) in [6.07, 6.45) is 5.34. The van der Waals surface area contributed by atoms with Gasteiger partial charge in [-0.1, -0.05) is 18.2 Å². The highest BCUT2D eigenvalue weighted by Gasteiger charge is 2.61. The number of allylic oxidation sites excluding steroid dienone is 2. The summed E-state index contributed by atoms with van der Waals surface area (Å²) < 4.78 is 0. The molecule has 4 heteroatoms. The molecule has 1 aliphatic carbocycles. The van der Waals surface area contributed by atoms with Crippen LogP contribution >= 0.6 is 0 Å². The van der Waals surface area contributed by atoms with Gasteiger partial charge in [0, 0.05) is 12.1 Å². The summed E-state index contributed by atoms with van der Waals surface area (Å²) in [4.78, 5) is 0. The van der Waals surface area contributed by atoms with Crippen molar-refractivity contribution in [2.75, 3.05) is 5.73 Å². The lowest BCUT2D eigenvalue weighted by molar-refractivity contribution is -0.195. The number of nitrogens with two attached hydrogens (primary N) is 1. The number of anilines is 1. The van der Waals surface area contributed by atoms with Gasteiger partial charge in [0.2, 0.25) is 0 Å². The second-order valence-corrected chi connectivity index (χ2v) is 4.51. The van der Waals surface area contributed by atoms with Gasteiger partial charge in [-0.15, -0.1) is 0 Å². The molecule has 0 atom stereocenters. The van der Waals surface area contributed by atoms with Gasteiger partial charge in [-0.25, -0.2) is 5.12 Å². The lowest BCUT2D eigenvalue weighted by Crippen LogP contribution is -2.94. The Morgan fingerprint density at radius 3 is 2.44 bits per heavy atom. The second kappa shape index (κ2) is 2.48. The maximum Gasteiger partial charge on any atom is 0.153 e. The number of nitrogen functional groups attached to an aromatic ring is 1. The van der Waals surface area contributed by atoms with Crippen LogP contribution in [0.4, 0.5) is 5.69 Å². The van der Waals surface area contributed by atoms with E-state index in [1.165, 1.54) is 16.8 Å². The van der Waals surface area contributed by atoms with Gasteiger partial charge in [-0.2, -0.15) is 10.9 Å². The first kappa shape index (κ1) is 8.38. The molecule has 4 N–H and O–H groups in total. The van der Waals surface area contributed by atoms with Crippen molar-refractivity contribution < 1.29 is 0 Å². The van der Waals surface area contributed by atoms with E-state index in [0.717, 1.165) is 12.1 Å². The zero-order valence-corrected chi connectivity index (χ0v) is 8.70. The Labute approximate surface area is 93.4 Å². The Balaban J connectivity index is 1.72. The summed E-state index contributed by atoms with van der Waals surface area (Å²) in [6.45, 7) is 0. The fourth-order valence-electron chi connectivity index (χ4n) is 2.51. The zero-order valence-electron chi connectivity index (χ0n) is 8.70. The molecule has 0 radical (unpaired) electrons. The molecule has 3 aliphatic heterocycles. The van der Waals surface area contributed by atoms with Gasteiger partial charge in [-0.3, -0.25) is 0 Å². The molecule has 0 amide bonds. The van der Waals surface area contributed by atoms with Crippen LogP contribution < -0.4 is 16.6 Å². The first-order valence-corrected chi connectivity index (χ1v) is 5.40. The van der Waals surface area contributed by atoms with Crippen molar-refractivity contribution in [1.29, 1.82) is 0 Å². The van der Waals surface area contributed by atoms with E-state index in [0.29, 0.717) is 0 Å². The molecule has 3 saturated heterocycles. The molecule has 2 bridgehead atoms. The lowest BCUT2D eigenvalue weighted by Gasteiger charge is -2.68. The van der Waals surface area contributed by atoms with Crippen LogP contribution in [-0.2, 0) is 0 Å². The maximum atomic E-state index is 5.69. The predicted octanol–water partition coefficient (Wildman–Crippen LogP) is 0.974. The van der Waals surface area contributed by atoms with Gasteiger partial charge in [0.25, 0.3) is 0 Å². The van der Waals surface area contributed by atoms with Crippen molar-refractivity contribution in [2.24, 2.45) is 0 Å². The molecule has 1 aromatic carbocycles. The number of hydrogen-bond donors (Lipinski definition) is 3. The lowest BCUT2D eigenvalue weighted by atomic mass is 9.82. The van der Waals surface area contributed by atoms with E-state index in [2.05, 4.69) is 35.1 Å². The number of nitrogens with zero attached hydrogens (tertiary/aromatic N) is 1. The molecule has 3 heterocycles. The fourth-order valence-corrected chi connectivity index (χ4v) is 2.51. The van der Waals surface area contributed by atoms with Crippen molar-refractivity contribution in [2.45, 2.75) is 12.1 Å². The van der Waals surface area contributed by atoms with Crippen LogP contribution in [0.5, 0.6) is 0 Å². The Morgan fingerprint density at radius 1 is 1.12 bits per heavy atom. The summed E-state index contributed by atoms with van der Waals surface area (Å²) in [5, 5.41) is 1.95. The predicted molar refractivity (Wildman–Crippen MR) is 62.4 cm³/mol. The highest BCUT2D eigenvalue weighted by Crippen LogP contribution is 2.46. The van der Waals surface area contributed by atoms with Crippen molar-refractivity contribution in [3.63, 3.8) is 0 Å². The van der Waals surface area contributed by atoms with Gasteiger partial charge in [0.05, 0.1) is 5.70 Å². The minimum Gasteiger partial charge on any atom is -0.399 e. The molecule has 0 aromatic heterocycles. The van der Waals surface area contributed by atoms with Gasteiger partial charge in [0.1, 0.15) is 0 Å². The van der Waals surface area contributed by atoms with E-state index >= 15 is 0 Å². The zero-order chi connectivity index (χ0) is 10.8. The summed E-state index contributed by atoms with van der Waals surface area (Å²) in [6, 6.07) is 8.04. The first-order chi connectivity index (χ1) is 7.77. The van der Waals surface area contributed by atoms with E-state index in [-0.39, 0.29) is 5.66 Å². The standard InChI is InChI=1S/C12H12N4/c13-10-4-1-8(2-5-10)9-3-6-11-12(7-9)14-16(11)15-12/h1-6,14-15H,7,13H2. The smallest absolute Gasteiger partial charge is 0.153 e. The molecule has 4 aliphatic rings. The van der Waals surface area contributed by atoms with Crippen LogP contribution in [0.15, 0.2) is 42.1 Å². The van der Waals surface area contributed by atoms with E-state index in [1.807, 2.05) is 17.3 Å². The van der Waals surface area contributed by atoms with E-state index in [9.17, 15) is 0 Å². The van der Waals surface area contributed by atoms with Crippen molar-refractivity contribution in [3.8, 4) is 0 Å². The Morgan fingerprint density at radius 2 is 1.88 bits per heavy atom. The minimum absolute atomic E-state index is 0.0193. The number of nitrogens with one attached hydrogen (secondary N) is 2. The molecule has 80 valence electrons. The average molecular weight is 212 g/mol. The molecule has 3 fully saturated rings. The molecule has 1 spiro atoms. The summed E-state index contributed by atoms with van der Waals surface area (Å²) in [5.41, 5.74) is 17.1. The highest BCUT2D eigenvalue weighted by atomic mass is 16.0. The normalized spacial score (nSPS) is 23.6. The Hall–Kier alpha value is -1.78. The molecular weight excluding hydrogens is 200 g/mol. The molecule has 0 saturated carbocycles. The number of hydrazine groups is 2. The SMILES string of the molecule is Nc1ccc(C2=CC=C3N4NC3(C2)N4)cc1. The van der Waals surface area contributed by atoms with Crippen molar-refractivity contribution >= 4 is 11.3 Å². The maximum absolute atomic E-state index is 5.69. The minimum atomic E-state index is 0.0193. The Bertz CT molecular complexity index is 520. The molecule has 4 nitrogen and oxygen atoms in total. The molecular formula is C12H12N4. The van der Waals surface area contributed by atoms with Gasteiger partial charge in [-0.05, 0) is 29.3 Å². The van der Waals surface area contributed by atoms with Crippen molar-refractivity contribution in [3.05, 3.63) is 47.7 Å². The average Bonchev–Trinajstić information content (AvgIpc) is 2.20. The quantitative estimate of drug-likeness (QED) is 0.607. The Kier molecular flexibility index (Phi) is 1.30. The monoisotopic (exact) mass is 212 g/mol. The summed E-state index contributed by atoms with van der Waals surface area (Å²) in [5.74, 6) is 0. The van der Waals surface area contributed by atoms with E-state index in [1.54, 1.807) is 0 Å². The summed E-state index contributed by atoms with van der Waals surface area (Å²) in [7, 11) is 0. The highest BCUT2D eigenvalue weighted by molar-refractivity contribution is 5.73. The molecule has 16 heavy (non-hydrogen) atoms. The van der Waals surface area contributed by atoms with Crippen LogP contribution in [0.2, 0.25) is 0 Å². The van der Waals surface area contributed by atoms with Crippen LogP contribution in [0.1, 0.15) is 12.0 Å². The van der Waals surface area contributed by atoms with Crippen LogP contribution in [-0.4, -0.2) is 10.8 Å². The van der Waals surface area contributed by atoms with Crippen LogP contribution in [0, 0.1) is 0 Å². The molecule has 5 rings (SSSR count). The van der Waals surface area contributed by atoms with Crippen LogP contribution in [0.3, 0.4) is 0 Å². The van der Waals surface area contributed by atoms with E-state index < -0.39 is 0 Å². The first-order valence-electron chi connectivity index (χ1n) is 5.40. The van der Waals surface area contributed by atoms with E-state index in [4.69, 9.17) is 5.73 Å².